The molecule has 2 N–H and O–H groups in total. The predicted molar refractivity (Wildman–Crippen MR) is 47.6 cm³/mol. The van der Waals surface area contributed by atoms with Crippen LogP contribution < -0.4 is 5.32 Å². The molecule has 0 radical (unpaired) electrons. The summed E-state index contributed by atoms with van der Waals surface area (Å²) in [7, 11) is 0. The molecule has 0 aliphatic carbocycles. The number of alkyl halides is 1. The molecule has 0 atom stereocenters. The molecule has 0 bridgehead atoms. The first kappa shape index (κ1) is 9.80. The van der Waals surface area contributed by atoms with Crippen molar-refractivity contribution in [3.05, 3.63) is 29.6 Å². The highest BCUT2D eigenvalue weighted by Gasteiger charge is 2.08. The summed E-state index contributed by atoms with van der Waals surface area (Å²) < 4.78 is 13.0. The van der Waals surface area contributed by atoms with E-state index < -0.39 is 11.9 Å². The van der Waals surface area contributed by atoms with Crippen LogP contribution in [-0.4, -0.2) is 11.2 Å². The van der Waals surface area contributed by atoms with E-state index in [0.29, 0.717) is 0 Å². The predicted octanol–water partition coefficient (Wildman–Crippen LogP) is 2.65. The van der Waals surface area contributed by atoms with Gasteiger partial charge >= 0.3 is 6.09 Å². The minimum Gasteiger partial charge on any atom is -0.465 e. The van der Waals surface area contributed by atoms with Crippen molar-refractivity contribution in [3.8, 4) is 0 Å². The Bertz CT molecular complexity index is 330. The van der Waals surface area contributed by atoms with Crippen LogP contribution in [-0.2, 0) is 5.88 Å². The van der Waals surface area contributed by atoms with Gasteiger partial charge in [-0.2, -0.15) is 0 Å². The van der Waals surface area contributed by atoms with Crippen LogP contribution in [0.25, 0.3) is 0 Å². The normalized spacial score (nSPS) is 9.69. The second-order valence-electron chi connectivity index (χ2n) is 2.33. The van der Waals surface area contributed by atoms with E-state index in [1.54, 1.807) is 0 Å². The Kier molecular flexibility index (Phi) is 3.08. The summed E-state index contributed by atoms with van der Waals surface area (Å²) >= 11 is 5.45. The molecule has 0 saturated heterocycles. The highest BCUT2D eigenvalue weighted by atomic mass is 35.5. The molecule has 3 nitrogen and oxygen atoms in total. The van der Waals surface area contributed by atoms with Crippen molar-refractivity contribution in [2.45, 2.75) is 5.88 Å². The minimum atomic E-state index is -1.24. The monoisotopic (exact) mass is 203 g/mol. The standard InChI is InChI=1S/C8H7ClFNO2/c9-4-5-6(10)2-1-3-7(5)11-8(12)13/h1-3,11H,4H2,(H,12,13). The van der Waals surface area contributed by atoms with E-state index in [2.05, 4.69) is 5.32 Å². The molecule has 1 aromatic carbocycles. The van der Waals surface area contributed by atoms with Gasteiger partial charge in [0.15, 0.2) is 0 Å². The summed E-state index contributed by atoms with van der Waals surface area (Å²) in [6.07, 6.45) is -1.24. The Morgan fingerprint density at radius 3 is 2.85 bits per heavy atom. The fourth-order valence-corrected chi connectivity index (χ4v) is 1.20. The summed E-state index contributed by atoms with van der Waals surface area (Å²) in [5.74, 6) is -0.580. The number of nitrogens with one attached hydrogen (secondary N) is 1. The lowest BCUT2D eigenvalue weighted by atomic mass is 10.2. The lowest BCUT2D eigenvalue weighted by Crippen LogP contribution is -2.09. The number of hydrogen-bond donors (Lipinski definition) is 2. The Balaban J connectivity index is 3.05. The largest absolute Gasteiger partial charge is 0.465 e. The maximum absolute atomic E-state index is 13.0. The van der Waals surface area contributed by atoms with Gasteiger partial charge in [-0.3, -0.25) is 5.32 Å². The zero-order chi connectivity index (χ0) is 9.84. The topological polar surface area (TPSA) is 49.3 Å². The van der Waals surface area contributed by atoms with Crippen LogP contribution in [0.4, 0.5) is 14.9 Å². The average Bonchev–Trinajstić information content (AvgIpc) is 2.03. The summed E-state index contributed by atoms with van der Waals surface area (Å²) in [4.78, 5) is 10.3. The lowest BCUT2D eigenvalue weighted by molar-refractivity contribution is 0.209. The number of carbonyl (C=O) groups is 1. The van der Waals surface area contributed by atoms with Gasteiger partial charge in [0, 0.05) is 5.56 Å². The van der Waals surface area contributed by atoms with Crippen molar-refractivity contribution >= 4 is 23.4 Å². The van der Waals surface area contributed by atoms with Crippen molar-refractivity contribution < 1.29 is 14.3 Å². The molecule has 0 fully saturated rings. The van der Waals surface area contributed by atoms with Gasteiger partial charge in [0.1, 0.15) is 5.82 Å². The van der Waals surface area contributed by atoms with Gasteiger partial charge < -0.3 is 5.11 Å². The van der Waals surface area contributed by atoms with E-state index >= 15 is 0 Å². The molecule has 1 aromatic rings. The van der Waals surface area contributed by atoms with Crippen molar-refractivity contribution in [1.29, 1.82) is 0 Å². The first-order valence-corrected chi connectivity index (χ1v) is 4.02. The van der Waals surface area contributed by atoms with Crippen molar-refractivity contribution in [1.82, 2.24) is 0 Å². The summed E-state index contributed by atoms with van der Waals surface area (Å²) in [5.41, 5.74) is 0.342. The average molecular weight is 204 g/mol. The fraction of sp³-hybridized carbons (Fsp3) is 0.125. The molecule has 1 rings (SSSR count). The minimum absolute atomic E-state index is 0.0672. The third-order valence-corrected chi connectivity index (χ3v) is 1.76. The molecular formula is C8H7ClFNO2. The van der Waals surface area contributed by atoms with Crippen molar-refractivity contribution in [2.75, 3.05) is 5.32 Å². The maximum atomic E-state index is 13.0. The Morgan fingerprint density at radius 2 is 2.31 bits per heavy atom. The maximum Gasteiger partial charge on any atom is 0.409 e. The summed E-state index contributed by atoms with van der Waals surface area (Å²) in [5, 5.41) is 10.5. The highest BCUT2D eigenvalue weighted by Crippen LogP contribution is 2.20. The molecule has 0 aliphatic heterocycles. The summed E-state index contributed by atoms with van der Waals surface area (Å²) in [6, 6.07) is 4.09. The first-order chi connectivity index (χ1) is 6.15. The van der Waals surface area contributed by atoms with E-state index in [4.69, 9.17) is 16.7 Å². The fourth-order valence-electron chi connectivity index (χ4n) is 0.927. The molecular weight excluding hydrogens is 197 g/mol. The molecule has 0 spiro atoms. The quantitative estimate of drug-likeness (QED) is 0.726. The smallest absolute Gasteiger partial charge is 0.409 e. The zero-order valence-electron chi connectivity index (χ0n) is 6.55. The van der Waals surface area contributed by atoms with Crippen LogP contribution in [0.2, 0.25) is 0 Å². The molecule has 13 heavy (non-hydrogen) atoms. The number of amides is 1. The second-order valence-corrected chi connectivity index (χ2v) is 2.60. The van der Waals surface area contributed by atoms with Crippen LogP contribution in [0.3, 0.4) is 0 Å². The van der Waals surface area contributed by atoms with E-state index in [-0.39, 0.29) is 17.1 Å². The molecule has 0 heterocycles. The SMILES string of the molecule is O=C(O)Nc1cccc(F)c1CCl. The number of rotatable bonds is 2. The van der Waals surface area contributed by atoms with E-state index in [9.17, 15) is 9.18 Å². The van der Waals surface area contributed by atoms with Crippen LogP contribution in [0, 0.1) is 5.82 Å². The van der Waals surface area contributed by atoms with Crippen LogP contribution in [0.15, 0.2) is 18.2 Å². The van der Waals surface area contributed by atoms with Crippen LogP contribution in [0.1, 0.15) is 5.56 Å². The van der Waals surface area contributed by atoms with Gasteiger partial charge in [-0.1, -0.05) is 6.07 Å². The highest BCUT2D eigenvalue weighted by molar-refractivity contribution is 6.17. The van der Waals surface area contributed by atoms with E-state index in [1.807, 2.05) is 0 Å². The Hall–Kier alpha value is -1.29. The molecule has 5 heteroatoms. The third kappa shape index (κ3) is 2.32. The Morgan fingerprint density at radius 1 is 1.62 bits per heavy atom. The van der Waals surface area contributed by atoms with Gasteiger partial charge in [-0.05, 0) is 12.1 Å². The lowest BCUT2D eigenvalue weighted by Gasteiger charge is -2.06. The molecule has 70 valence electrons. The van der Waals surface area contributed by atoms with Crippen molar-refractivity contribution in [2.24, 2.45) is 0 Å². The molecule has 0 aromatic heterocycles. The van der Waals surface area contributed by atoms with Gasteiger partial charge in [0.2, 0.25) is 0 Å². The molecule has 0 aliphatic rings. The van der Waals surface area contributed by atoms with Gasteiger partial charge in [0.05, 0.1) is 11.6 Å². The van der Waals surface area contributed by atoms with E-state index in [0.717, 1.165) is 0 Å². The van der Waals surface area contributed by atoms with Gasteiger partial charge in [-0.15, -0.1) is 11.6 Å². The van der Waals surface area contributed by atoms with Crippen molar-refractivity contribution in [3.63, 3.8) is 0 Å². The summed E-state index contributed by atoms with van der Waals surface area (Å²) in [6.45, 7) is 0. The van der Waals surface area contributed by atoms with Gasteiger partial charge in [0.25, 0.3) is 0 Å². The van der Waals surface area contributed by atoms with E-state index in [1.165, 1.54) is 18.2 Å². The van der Waals surface area contributed by atoms with Gasteiger partial charge in [-0.25, -0.2) is 9.18 Å². The second kappa shape index (κ2) is 4.09. The third-order valence-electron chi connectivity index (χ3n) is 1.49. The first-order valence-electron chi connectivity index (χ1n) is 3.48. The van der Waals surface area contributed by atoms with Crippen LogP contribution in [0.5, 0.6) is 0 Å². The number of hydrogen-bond acceptors (Lipinski definition) is 1. The van der Waals surface area contributed by atoms with Crippen LogP contribution >= 0.6 is 11.6 Å². The Labute approximate surface area is 79.1 Å². The zero-order valence-corrected chi connectivity index (χ0v) is 7.31. The number of anilines is 1. The number of halogens is 2. The molecule has 1 amide bonds. The molecule has 0 unspecified atom stereocenters. The number of carboxylic acid groups (broad SMARTS) is 1. The number of benzene rings is 1. The molecule has 0 saturated carbocycles.